The van der Waals surface area contributed by atoms with Gasteiger partial charge >= 0.3 is 6.09 Å². The van der Waals surface area contributed by atoms with Crippen molar-refractivity contribution in [3.05, 3.63) is 29.8 Å². The van der Waals surface area contributed by atoms with Crippen LogP contribution in [-0.4, -0.2) is 56.9 Å². The van der Waals surface area contributed by atoms with Crippen LogP contribution >= 0.6 is 0 Å². The number of aryl methyl sites for hydroxylation is 1. The van der Waals surface area contributed by atoms with E-state index in [0.29, 0.717) is 25.1 Å². The average Bonchev–Trinajstić information content (AvgIpc) is 3.45. The highest BCUT2D eigenvalue weighted by atomic mass is 16.5. The summed E-state index contributed by atoms with van der Waals surface area (Å²) in [5.41, 5.74) is 2.56. The first-order valence-corrected chi connectivity index (χ1v) is 10.9. The van der Waals surface area contributed by atoms with Crippen LogP contribution in [-0.2, 0) is 4.74 Å². The third kappa shape index (κ3) is 6.54. The molecule has 2 aliphatic rings. The lowest BCUT2D eigenvalue weighted by Crippen LogP contribution is -2.46. The van der Waals surface area contributed by atoms with Gasteiger partial charge < -0.3 is 25.6 Å². The second-order valence-corrected chi connectivity index (χ2v) is 7.94. The Morgan fingerprint density at radius 2 is 2.00 bits per heavy atom. The molecule has 7 nitrogen and oxygen atoms in total. The van der Waals surface area contributed by atoms with Crippen LogP contribution in [0.5, 0.6) is 0 Å². The smallest absolute Gasteiger partial charge is 0.407 e. The molecule has 0 spiro atoms. The molecular formula is C22H35N5O2. The van der Waals surface area contributed by atoms with Gasteiger partial charge in [-0.1, -0.05) is 17.7 Å². The van der Waals surface area contributed by atoms with Gasteiger partial charge in [-0.2, -0.15) is 0 Å². The second kappa shape index (κ2) is 10.4. The van der Waals surface area contributed by atoms with Gasteiger partial charge in [0.15, 0.2) is 5.96 Å². The van der Waals surface area contributed by atoms with E-state index in [4.69, 9.17) is 9.73 Å². The predicted octanol–water partition coefficient (Wildman–Crippen LogP) is 2.65. The average molecular weight is 402 g/mol. The lowest BCUT2D eigenvalue weighted by molar-refractivity contribution is 0.147. The summed E-state index contributed by atoms with van der Waals surface area (Å²) in [5.74, 6) is 1.33. The number of nitrogens with zero attached hydrogens (tertiary/aromatic N) is 2. The van der Waals surface area contributed by atoms with Crippen molar-refractivity contribution in [3.63, 3.8) is 0 Å². The van der Waals surface area contributed by atoms with Crippen LogP contribution in [0, 0.1) is 12.8 Å². The SMILES string of the molecule is CCNC(=NCC(NC(=O)OCC)C1CC1)NC1CCN(c2ccc(C)cc2)C1. The van der Waals surface area contributed by atoms with Gasteiger partial charge in [0.25, 0.3) is 0 Å². The maximum absolute atomic E-state index is 11.8. The number of alkyl carbamates (subject to hydrolysis) is 1. The number of aliphatic imine (C=N–C) groups is 1. The Morgan fingerprint density at radius 1 is 1.24 bits per heavy atom. The number of hydrogen-bond acceptors (Lipinski definition) is 4. The van der Waals surface area contributed by atoms with Crippen molar-refractivity contribution in [2.75, 3.05) is 37.7 Å². The number of nitrogens with one attached hydrogen (secondary N) is 3. The highest BCUT2D eigenvalue weighted by Gasteiger charge is 2.32. The number of hydrogen-bond donors (Lipinski definition) is 3. The van der Waals surface area contributed by atoms with Gasteiger partial charge in [0, 0.05) is 31.4 Å². The summed E-state index contributed by atoms with van der Waals surface area (Å²) in [6.07, 6.45) is 3.02. The number of carbonyl (C=O) groups excluding carboxylic acids is 1. The largest absolute Gasteiger partial charge is 0.450 e. The third-order valence-electron chi connectivity index (χ3n) is 5.49. The molecule has 2 unspecified atom stereocenters. The monoisotopic (exact) mass is 401 g/mol. The number of guanidine groups is 1. The summed E-state index contributed by atoms with van der Waals surface area (Å²) in [7, 11) is 0. The van der Waals surface area contributed by atoms with Gasteiger partial charge in [-0.3, -0.25) is 4.99 Å². The number of benzene rings is 1. The molecule has 1 amide bonds. The fraction of sp³-hybridized carbons (Fsp3) is 0.636. The van der Waals surface area contributed by atoms with Gasteiger partial charge in [-0.05, 0) is 58.1 Å². The van der Waals surface area contributed by atoms with Crippen LogP contribution < -0.4 is 20.9 Å². The molecule has 1 aromatic rings. The molecule has 7 heteroatoms. The summed E-state index contributed by atoms with van der Waals surface area (Å²) < 4.78 is 5.04. The van der Waals surface area contributed by atoms with Crippen molar-refractivity contribution in [3.8, 4) is 0 Å². The minimum atomic E-state index is -0.345. The summed E-state index contributed by atoms with van der Waals surface area (Å²) in [6, 6.07) is 9.10. The standard InChI is InChI=1S/C22H35N5O2/c1-4-23-21(24-14-20(17-8-9-17)26-22(28)29-5-2)25-18-12-13-27(15-18)19-10-6-16(3)7-11-19/h6-7,10-11,17-18,20H,4-5,8-9,12-15H2,1-3H3,(H,26,28)(H2,23,24,25). The maximum Gasteiger partial charge on any atom is 0.407 e. The molecule has 0 aromatic heterocycles. The minimum Gasteiger partial charge on any atom is -0.450 e. The Labute approximate surface area is 174 Å². The van der Waals surface area contributed by atoms with E-state index in [0.717, 1.165) is 44.9 Å². The number of anilines is 1. The molecule has 0 radical (unpaired) electrons. The Hall–Kier alpha value is -2.44. The van der Waals surface area contributed by atoms with Crippen LogP contribution in [0.15, 0.2) is 29.3 Å². The first-order chi connectivity index (χ1) is 14.1. The molecule has 2 fully saturated rings. The molecule has 1 aliphatic heterocycles. The number of amides is 1. The van der Waals surface area contributed by atoms with E-state index < -0.39 is 0 Å². The molecule has 3 rings (SSSR count). The third-order valence-corrected chi connectivity index (χ3v) is 5.49. The van der Waals surface area contributed by atoms with Crippen LogP contribution in [0.3, 0.4) is 0 Å². The lowest BCUT2D eigenvalue weighted by Gasteiger charge is -2.21. The van der Waals surface area contributed by atoms with Crippen molar-refractivity contribution in [2.45, 2.75) is 52.1 Å². The predicted molar refractivity (Wildman–Crippen MR) is 118 cm³/mol. The number of carbonyl (C=O) groups is 1. The fourth-order valence-electron chi connectivity index (χ4n) is 3.71. The Balaban J connectivity index is 1.54. The zero-order valence-electron chi connectivity index (χ0n) is 17.9. The van der Waals surface area contributed by atoms with Gasteiger partial charge in [-0.15, -0.1) is 0 Å². The van der Waals surface area contributed by atoms with Crippen LogP contribution in [0.25, 0.3) is 0 Å². The molecule has 1 aliphatic carbocycles. The van der Waals surface area contributed by atoms with Gasteiger partial charge in [-0.25, -0.2) is 4.79 Å². The van der Waals surface area contributed by atoms with Crippen LogP contribution in [0.1, 0.15) is 38.7 Å². The molecule has 2 atom stereocenters. The number of rotatable bonds is 8. The quantitative estimate of drug-likeness (QED) is 0.461. The Bertz CT molecular complexity index is 687. The van der Waals surface area contributed by atoms with E-state index in [-0.39, 0.29) is 12.1 Å². The van der Waals surface area contributed by atoms with E-state index in [1.165, 1.54) is 11.3 Å². The Kier molecular flexibility index (Phi) is 7.61. The molecular weight excluding hydrogens is 366 g/mol. The zero-order chi connectivity index (χ0) is 20.6. The van der Waals surface area contributed by atoms with Gasteiger partial charge in [0.05, 0.1) is 19.2 Å². The number of ether oxygens (including phenoxy) is 1. The van der Waals surface area contributed by atoms with E-state index in [1.807, 2.05) is 6.92 Å². The van der Waals surface area contributed by atoms with Crippen molar-refractivity contribution in [1.29, 1.82) is 0 Å². The molecule has 0 bridgehead atoms. The molecule has 160 valence electrons. The summed E-state index contributed by atoms with van der Waals surface area (Å²) in [6.45, 7) is 9.75. The first-order valence-electron chi connectivity index (χ1n) is 10.9. The highest BCUT2D eigenvalue weighted by molar-refractivity contribution is 5.80. The lowest BCUT2D eigenvalue weighted by atomic mass is 10.2. The molecule has 1 saturated carbocycles. The molecule has 1 heterocycles. The van der Waals surface area contributed by atoms with Crippen molar-refractivity contribution in [2.24, 2.45) is 10.9 Å². The van der Waals surface area contributed by atoms with E-state index in [1.54, 1.807) is 0 Å². The molecule has 3 N–H and O–H groups in total. The van der Waals surface area contributed by atoms with Gasteiger partial charge in [0.2, 0.25) is 0 Å². The summed E-state index contributed by atoms with van der Waals surface area (Å²) in [5, 5.41) is 9.89. The first kappa shape index (κ1) is 21.3. The van der Waals surface area contributed by atoms with Gasteiger partial charge in [0.1, 0.15) is 0 Å². The van der Waals surface area contributed by atoms with Crippen LogP contribution in [0.4, 0.5) is 10.5 Å². The topological polar surface area (TPSA) is 78.0 Å². The van der Waals surface area contributed by atoms with Crippen molar-refractivity contribution in [1.82, 2.24) is 16.0 Å². The maximum atomic E-state index is 11.8. The van der Waals surface area contributed by atoms with E-state index in [2.05, 4.69) is 59.0 Å². The highest BCUT2D eigenvalue weighted by Crippen LogP contribution is 2.32. The van der Waals surface area contributed by atoms with Crippen LogP contribution in [0.2, 0.25) is 0 Å². The molecule has 1 aromatic carbocycles. The normalized spacial score (nSPS) is 20.3. The molecule has 1 saturated heterocycles. The molecule has 29 heavy (non-hydrogen) atoms. The summed E-state index contributed by atoms with van der Waals surface area (Å²) >= 11 is 0. The summed E-state index contributed by atoms with van der Waals surface area (Å²) in [4.78, 5) is 19.0. The minimum absolute atomic E-state index is 0.0390. The Morgan fingerprint density at radius 3 is 2.66 bits per heavy atom. The van der Waals surface area contributed by atoms with Crippen molar-refractivity contribution >= 4 is 17.7 Å². The fourth-order valence-corrected chi connectivity index (χ4v) is 3.71. The van der Waals surface area contributed by atoms with Crippen molar-refractivity contribution < 1.29 is 9.53 Å². The second-order valence-electron chi connectivity index (χ2n) is 7.94. The zero-order valence-corrected chi connectivity index (χ0v) is 17.9. The van der Waals surface area contributed by atoms with E-state index >= 15 is 0 Å². The van der Waals surface area contributed by atoms with E-state index in [9.17, 15) is 4.79 Å².